The molecule has 118 valence electrons. The summed E-state index contributed by atoms with van der Waals surface area (Å²) in [4.78, 5) is 12.4. The summed E-state index contributed by atoms with van der Waals surface area (Å²) in [6.45, 7) is 0.236. The summed E-state index contributed by atoms with van der Waals surface area (Å²) in [7, 11) is -3.70. The Kier molecular flexibility index (Phi) is 2.53. The second-order valence-corrected chi connectivity index (χ2v) is 7.79. The molecule has 0 unspecified atom stereocenters. The highest BCUT2D eigenvalue weighted by Crippen LogP contribution is 2.45. The summed E-state index contributed by atoms with van der Waals surface area (Å²) in [6.07, 6.45) is -1.14. The van der Waals surface area contributed by atoms with E-state index < -0.39 is 28.5 Å². The molecule has 0 radical (unpaired) electrons. The van der Waals surface area contributed by atoms with E-state index in [0.29, 0.717) is 16.0 Å². The molecule has 0 N–H and O–H groups in total. The number of rotatable bonds is 1. The summed E-state index contributed by atoms with van der Waals surface area (Å²) < 4.78 is 38.3. The Bertz CT molecular complexity index is 949. The predicted molar refractivity (Wildman–Crippen MR) is 81.6 cm³/mol. The zero-order valence-electron chi connectivity index (χ0n) is 12.0. The van der Waals surface area contributed by atoms with Crippen molar-refractivity contribution in [3.05, 3.63) is 36.4 Å². The quantitative estimate of drug-likeness (QED) is 0.790. The van der Waals surface area contributed by atoms with Crippen LogP contribution < -0.4 is 4.31 Å². The predicted octanol–water partition coefficient (Wildman–Crippen LogP) is 1.43. The molecule has 2 saturated heterocycles. The molecule has 6 nitrogen and oxygen atoms in total. The third kappa shape index (κ3) is 1.64. The van der Waals surface area contributed by atoms with Gasteiger partial charge in [0.15, 0.2) is 5.78 Å². The van der Waals surface area contributed by atoms with Crippen LogP contribution in [0.4, 0.5) is 5.69 Å². The molecule has 3 heterocycles. The number of fused-ring (bicyclic) bond motifs is 2. The van der Waals surface area contributed by atoms with Crippen LogP contribution in [0, 0.1) is 0 Å². The second-order valence-electron chi connectivity index (χ2n) is 6.01. The number of hydrogen-bond donors (Lipinski definition) is 0. The lowest BCUT2D eigenvalue weighted by Gasteiger charge is -2.34. The van der Waals surface area contributed by atoms with Gasteiger partial charge in [0.1, 0.15) is 6.10 Å². The largest absolute Gasteiger partial charge is 0.343 e. The molecular weight excluding hydrogens is 318 g/mol. The lowest BCUT2D eigenvalue weighted by molar-refractivity contribution is -0.153. The Morgan fingerprint density at radius 1 is 1.13 bits per heavy atom. The molecule has 2 aromatic rings. The van der Waals surface area contributed by atoms with Gasteiger partial charge in [-0.3, -0.25) is 9.10 Å². The molecule has 0 saturated carbocycles. The van der Waals surface area contributed by atoms with Crippen molar-refractivity contribution in [3.8, 4) is 0 Å². The van der Waals surface area contributed by atoms with E-state index in [1.807, 2.05) is 18.2 Å². The maximum atomic E-state index is 13.1. The molecule has 3 aliphatic heterocycles. The van der Waals surface area contributed by atoms with Gasteiger partial charge in [0.25, 0.3) is 10.0 Å². The van der Waals surface area contributed by atoms with Gasteiger partial charge in [-0.2, -0.15) is 0 Å². The van der Waals surface area contributed by atoms with E-state index >= 15 is 0 Å². The minimum atomic E-state index is -3.70. The van der Waals surface area contributed by atoms with Crippen LogP contribution >= 0.6 is 0 Å². The average Bonchev–Trinajstić information content (AvgIpc) is 3.06. The summed E-state index contributed by atoms with van der Waals surface area (Å²) >= 11 is 0. The highest BCUT2D eigenvalue weighted by Gasteiger charge is 2.51. The summed E-state index contributed by atoms with van der Waals surface area (Å²) in [5, 5.41) is 1.58. The van der Waals surface area contributed by atoms with Crippen molar-refractivity contribution in [1.82, 2.24) is 0 Å². The number of hydrogen-bond acceptors (Lipinski definition) is 5. The van der Waals surface area contributed by atoms with Gasteiger partial charge >= 0.3 is 0 Å². The van der Waals surface area contributed by atoms with Gasteiger partial charge in [-0.1, -0.05) is 24.3 Å². The normalized spacial score (nSPS) is 31.0. The summed E-state index contributed by atoms with van der Waals surface area (Å²) in [5.41, 5.74) is 0.616. The number of ketones is 1. The molecule has 0 aliphatic carbocycles. The van der Waals surface area contributed by atoms with E-state index in [1.54, 1.807) is 18.2 Å². The van der Waals surface area contributed by atoms with Crippen LogP contribution in [0.2, 0.25) is 0 Å². The molecule has 7 heteroatoms. The lowest BCUT2D eigenvalue weighted by atomic mass is 10.0. The average molecular weight is 331 g/mol. The molecule has 23 heavy (non-hydrogen) atoms. The van der Waals surface area contributed by atoms with Gasteiger partial charge in [-0.05, 0) is 17.5 Å². The van der Waals surface area contributed by atoms with Gasteiger partial charge in [0, 0.05) is 11.8 Å². The van der Waals surface area contributed by atoms with Crippen molar-refractivity contribution in [1.29, 1.82) is 0 Å². The smallest absolute Gasteiger partial charge is 0.265 e. The Balaban J connectivity index is 1.73. The highest BCUT2D eigenvalue weighted by atomic mass is 32.2. The first-order chi connectivity index (χ1) is 11.1. The SMILES string of the molecule is O=C1C[C@@H](N2c3cccc4cccc(c34)S2(=O)=O)[C@@H]2CO[C@H]1O2. The molecule has 3 atom stereocenters. The van der Waals surface area contributed by atoms with Gasteiger partial charge in [0.2, 0.25) is 6.29 Å². The number of Topliss-reactive ketones (excluding diaryl/α,β-unsaturated/α-hetero) is 1. The number of ether oxygens (including phenoxy) is 2. The van der Waals surface area contributed by atoms with Crippen LogP contribution in [-0.4, -0.2) is 39.2 Å². The fraction of sp³-hybridized carbons (Fsp3) is 0.312. The van der Waals surface area contributed by atoms with Crippen molar-refractivity contribution in [2.75, 3.05) is 10.9 Å². The van der Waals surface area contributed by atoms with Crippen LogP contribution in [0.1, 0.15) is 6.42 Å². The fourth-order valence-electron chi connectivity index (χ4n) is 3.74. The highest BCUT2D eigenvalue weighted by molar-refractivity contribution is 7.93. The molecule has 3 aliphatic rings. The van der Waals surface area contributed by atoms with Crippen LogP contribution in [0.3, 0.4) is 0 Å². The molecule has 0 amide bonds. The number of carbonyl (C=O) groups excluding carboxylic acids is 1. The van der Waals surface area contributed by atoms with Crippen molar-refractivity contribution < 1.29 is 22.7 Å². The first-order valence-corrected chi connectivity index (χ1v) is 8.87. The minimum Gasteiger partial charge on any atom is -0.343 e. The molecular formula is C16H13NO5S. The Labute approximate surface area is 132 Å². The summed E-state index contributed by atoms with van der Waals surface area (Å²) in [6, 6.07) is 10.2. The van der Waals surface area contributed by atoms with Crippen molar-refractivity contribution in [3.63, 3.8) is 0 Å². The van der Waals surface area contributed by atoms with E-state index in [4.69, 9.17) is 9.47 Å². The van der Waals surface area contributed by atoms with Crippen molar-refractivity contribution in [2.24, 2.45) is 0 Å². The van der Waals surface area contributed by atoms with Gasteiger partial charge < -0.3 is 9.47 Å². The lowest BCUT2D eigenvalue weighted by Crippen LogP contribution is -2.51. The molecule has 2 bridgehead atoms. The van der Waals surface area contributed by atoms with E-state index in [9.17, 15) is 13.2 Å². The van der Waals surface area contributed by atoms with E-state index in [2.05, 4.69) is 0 Å². The third-order valence-corrected chi connectivity index (χ3v) is 6.61. The Morgan fingerprint density at radius 3 is 2.74 bits per heavy atom. The van der Waals surface area contributed by atoms with Gasteiger partial charge in [-0.25, -0.2) is 8.42 Å². The number of anilines is 1. The first-order valence-electron chi connectivity index (χ1n) is 7.43. The monoisotopic (exact) mass is 331 g/mol. The number of sulfonamides is 1. The number of nitrogens with zero attached hydrogens (tertiary/aromatic N) is 1. The minimum absolute atomic E-state index is 0.110. The molecule has 5 rings (SSSR count). The van der Waals surface area contributed by atoms with Gasteiger partial charge in [-0.15, -0.1) is 0 Å². The Morgan fingerprint density at radius 2 is 1.91 bits per heavy atom. The maximum absolute atomic E-state index is 13.1. The van der Waals surface area contributed by atoms with E-state index in [-0.39, 0.29) is 18.8 Å². The van der Waals surface area contributed by atoms with Crippen LogP contribution in [0.15, 0.2) is 41.3 Å². The standard InChI is InChI=1S/C16H13NO5S/c18-12-7-11(13-8-21-16(12)22-13)17-10-5-1-3-9-4-2-6-14(15(9)10)23(17,19)20/h1-6,11,13,16H,7-8H2/t11-,13+,16+/m1/s1. The molecule has 2 fully saturated rings. The first kappa shape index (κ1) is 13.5. The fourth-order valence-corrected chi connectivity index (χ4v) is 5.66. The molecule has 0 spiro atoms. The number of benzene rings is 2. The molecule has 2 aromatic carbocycles. The van der Waals surface area contributed by atoms with Gasteiger partial charge in [0.05, 0.1) is 23.2 Å². The summed E-state index contributed by atoms with van der Waals surface area (Å²) in [5.74, 6) is -0.206. The van der Waals surface area contributed by atoms with E-state index in [1.165, 1.54) is 4.31 Å². The van der Waals surface area contributed by atoms with Crippen LogP contribution in [0.5, 0.6) is 0 Å². The van der Waals surface area contributed by atoms with Crippen molar-refractivity contribution in [2.45, 2.75) is 29.8 Å². The van der Waals surface area contributed by atoms with Crippen LogP contribution in [0.25, 0.3) is 10.8 Å². The zero-order chi connectivity index (χ0) is 15.8. The maximum Gasteiger partial charge on any atom is 0.265 e. The van der Waals surface area contributed by atoms with E-state index in [0.717, 1.165) is 5.39 Å². The number of carbonyl (C=O) groups is 1. The third-order valence-electron chi connectivity index (χ3n) is 4.73. The molecule has 0 aromatic heterocycles. The zero-order valence-corrected chi connectivity index (χ0v) is 12.8. The van der Waals surface area contributed by atoms with Crippen molar-refractivity contribution >= 4 is 32.3 Å². The van der Waals surface area contributed by atoms with Crippen LogP contribution in [-0.2, 0) is 24.3 Å². The Hall–Kier alpha value is -1.96. The topological polar surface area (TPSA) is 72.9 Å². The second kappa shape index (κ2) is 4.31.